The fourth-order valence-corrected chi connectivity index (χ4v) is 2.28. The Hall–Kier alpha value is -3.21. The number of ether oxygens (including phenoxy) is 1. The van der Waals surface area contributed by atoms with Crippen molar-refractivity contribution in [3.05, 3.63) is 78.2 Å². The van der Waals surface area contributed by atoms with Crippen molar-refractivity contribution in [1.82, 2.24) is 15.3 Å². The summed E-state index contributed by atoms with van der Waals surface area (Å²) in [4.78, 5) is 20.4. The van der Waals surface area contributed by atoms with Gasteiger partial charge in [0, 0.05) is 5.56 Å². The maximum absolute atomic E-state index is 11.9. The smallest absolute Gasteiger partial charge is 0.258 e. The lowest BCUT2D eigenvalue weighted by Crippen LogP contribution is -2.28. The average molecular weight is 333 g/mol. The van der Waals surface area contributed by atoms with Gasteiger partial charge in [0.15, 0.2) is 6.61 Å². The van der Waals surface area contributed by atoms with Gasteiger partial charge >= 0.3 is 0 Å². The number of rotatable bonds is 6. The van der Waals surface area contributed by atoms with Crippen LogP contribution in [0.3, 0.4) is 0 Å². The lowest BCUT2D eigenvalue weighted by Gasteiger charge is -2.08. The molecule has 0 saturated carbocycles. The van der Waals surface area contributed by atoms with Gasteiger partial charge in [-0.3, -0.25) is 4.79 Å². The molecular formula is C20H19N3O2. The van der Waals surface area contributed by atoms with Crippen LogP contribution in [0.2, 0.25) is 0 Å². The van der Waals surface area contributed by atoms with E-state index in [9.17, 15) is 4.79 Å². The molecule has 0 unspecified atom stereocenters. The maximum Gasteiger partial charge on any atom is 0.258 e. The van der Waals surface area contributed by atoms with Gasteiger partial charge in [0.25, 0.3) is 5.91 Å². The van der Waals surface area contributed by atoms with Crippen LogP contribution in [-0.2, 0) is 11.3 Å². The van der Waals surface area contributed by atoms with Gasteiger partial charge in [-0.15, -0.1) is 0 Å². The third-order valence-electron chi connectivity index (χ3n) is 3.65. The molecule has 0 spiro atoms. The first-order chi connectivity index (χ1) is 12.2. The molecule has 126 valence electrons. The number of amides is 1. The Morgan fingerprint density at radius 1 is 1.04 bits per heavy atom. The van der Waals surface area contributed by atoms with Gasteiger partial charge in [-0.25, -0.2) is 9.97 Å². The molecule has 25 heavy (non-hydrogen) atoms. The van der Waals surface area contributed by atoms with Crippen molar-refractivity contribution < 1.29 is 9.53 Å². The highest BCUT2D eigenvalue weighted by Crippen LogP contribution is 2.16. The van der Waals surface area contributed by atoms with Crippen LogP contribution in [0.15, 0.2) is 67.0 Å². The molecule has 0 aliphatic rings. The van der Waals surface area contributed by atoms with Gasteiger partial charge in [0.1, 0.15) is 12.1 Å². The molecule has 1 aromatic heterocycles. The predicted molar refractivity (Wildman–Crippen MR) is 96.0 cm³/mol. The molecule has 5 nitrogen and oxygen atoms in total. The van der Waals surface area contributed by atoms with E-state index in [1.54, 1.807) is 0 Å². The second kappa shape index (κ2) is 8.06. The Morgan fingerprint density at radius 3 is 2.56 bits per heavy atom. The molecule has 0 aliphatic carbocycles. The van der Waals surface area contributed by atoms with Gasteiger partial charge in [-0.2, -0.15) is 0 Å². The molecule has 3 rings (SSSR count). The van der Waals surface area contributed by atoms with Crippen molar-refractivity contribution in [2.45, 2.75) is 13.5 Å². The van der Waals surface area contributed by atoms with Crippen LogP contribution in [-0.4, -0.2) is 22.5 Å². The molecule has 5 heteroatoms. The molecule has 0 saturated heterocycles. The van der Waals surface area contributed by atoms with Gasteiger partial charge in [-0.1, -0.05) is 48.0 Å². The summed E-state index contributed by atoms with van der Waals surface area (Å²) >= 11 is 0. The normalized spacial score (nSPS) is 10.3. The topological polar surface area (TPSA) is 64.1 Å². The molecule has 0 aliphatic heterocycles. The average Bonchev–Trinajstić information content (AvgIpc) is 2.67. The number of nitrogens with one attached hydrogen (secondary N) is 1. The van der Waals surface area contributed by atoms with Gasteiger partial charge in [0.05, 0.1) is 17.9 Å². The van der Waals surface area contributed by atoms with Crippen LogP contribution < -0.4 is 10.1 Å². The van der Waals surface area contributed by atoms with E-state index >= 15 is 0 Å². The number of hydrogen-bond donors (Lipinski definition) is 1. The molecule has 1 heterocycles. The second-order valence-corrected chi connectivity index (χ2v) is 5.64. The lowest BCUT2D eigenvalue weighted by atomic mass is 10.1. The van der Waals surface area contributed by atoms with Crippen molar-refractivity contribution in [2.75, 3.05) is 6.61 Å². The highest BCUT2D eigenvalue weighted by molar-refractivity contribution is 5.77. The monoisotopic (exact) mass is 333 g/mol. The number of carbonyl (C=O) groups excluding carboxylic acids is 1. The number of hydrogen-bond acceptors (Lipinski definition) is 4. The zero-order valence-corrected chi connectivity index (χ0v) is 14.0. The molecule has 1 N–H and O–H groups in total. The Morgan fingerprint density at radius 2 is 1.80 bits per heavy atom. The van der Waals surface area contributed by atoms with Crippen molar-refractivity contribution in [3.8, 4) is 17.0 Å². The highest BCUT2D eigenvalue weighted by Gasteiger charge is 2.05. The van der Waals surface area contributed by atoms with Crippen LogP contribution in [0.1, 0.15) is 11.3 Å². The first-order valence-electron chi connectivity index (χ1n) is 8.03. The number of carbonyl (C=O) groups is 1. The van der Waals surface area contributed by atoms with Crippen LogP contribution in [0.4, 0.5) is 0 Å². The second-order valence-electron chi connectivity index (χ2n) is 5.64. The summed E-state index contributed by atoms with van der Waals surface area (Å²) in [5.74, 6) is 0.481. The van der Waals surface area contributed by atoms with E-state index in [4.69, 9.17) is 4.74 Å². The van der Waals surface area contributed by atoms with Crippen molar-refractivity contribution in [3.63, 3.8) is 0 Å². The minimum Gasteiger partial charge on any atom is -0.484 e. The quantitative estimate of drug-likeness (QED) is 0.753. The Kier molecular flexibility index (Phi) is 5.36. The summed E-state index contributed by atoms with van der Waals surface area (Å²) in [6, 6.07) is 19.3. The van der Waals surface area contributed by atoms with Crippen molar-refractivity contribution in [1.29, 1.82) is 0 Å². The zero-order valence-electron chi connectivity index (χ0n) is 14.0. The standard InChI is InChI=1S/C20H19N3O2/c1-15-7-9-18(10-8-15)25-13-20(24)21-12-17-11-19(23-14-22-17)16-5-3-2-4-6-16/h2-11,14H,12-13H2,1H3,(H,21,24). The van der Waals surface area contributed by atoms with E-state index in [1.165, 1.54) is 6.33 Å². The van der Waals surface area contributed by atoms with E-state index in [-0.39, 0.29) is 12.5 Å². The molecule has 0 bridgehead atoms. The van der Waals surface area contributed by atoms with E-state index in [0.717, 1.165) is 22.5 Å². The summed E-state index contributed by atoms with van der Waals surface area (Å²) in [6.45, 7) is 2.31. The van der Waals surface area contributed by atoms with E-state index < -0.39 is 0 Å². The number of nitrogens with zero attached hydrogens (tertiary/aromatic N) is 2. The number of aryl methyl sites for hydroxylation is 1. The summed E-state index contributed by atoms with van der Waals surface area (Å²) in [6.07, 6.45) is 1.51. The molecule has 0 atom stereocenters. The van der Waals surface area contributed by atoms with E-state index in [1.807, 2.05) is 67.6 Å². The number of benzene rings is 2. The summed E-state index contributed by atoms with van der Waals surface area (Å²) in [5, 5.41) is 2.81. The molecule has 0 radical (unpaired) electrons. The summed E-state index contributed by atoms with van der Waals surface area (Å²) < 4.78 is 5.46. The largest absolute Gasteiger partial charge is 0.484 e. The Labute approximate surface area is 146 Å². The lowest BCUT2D eigenvalue weighted by molar-refractivity contribution is -0.123. The van der Waals surface area contributed by atoms with Crippen molar-refractivity contribution in [2.24, 2.45) is 0 Å². The third kappa shape index (κ3) is 4.88. The van der Waals surface area contributed by atoms with Crippen LogP contribution in [0, 0.1) is 6.92 Å². The first kappa shape index (κ1) is 16.6. The minimum atomic E-state index is -0.194. The van der Waals surface area contributed by atoms with Crippen LogP contribution in [0.5, 0.6) is 5.75 Å². The fourth-order valence-electron chi connectivity index (χ4n) is 2.28. The van der Waals surface area contributed by atoms with Gasteiger partial charge in [-0.05, 0) is 25.1 Å². The fraction of sp³-hybridized carbons (Fsp3) is 0.150. The summed E-state index contributed by atoms with van der Waals surface area (Å²) in [7, 11) is 0. The molecule has 2 aromatic carbocycles. The first-order valence-corrected chi connectivity index (χ1v) is 8.03. The predicted octanol–water partition coefficient (Wildman–Crippen LogP) is 3.15. The summed E-state index contributed by atoms with van der Waals surface area (Å²) in [5.41, 5.74) is 3.74. The molecule has 1 amide bonds. The molecular weight excluding hydrogens is 314 g/mol. The number of aromatic nitrogens is 2. The van der Waals surface area contributed by atoms with Crippen LogP contribution >= 0.6 is 0 Å². The molecule has 0 fully saturated rings. The maximum atomic E-state index is 11.9. The van der Waals surface area contributed by atoms with Crippen LogP contribution in [0.25, 0.3) is 11.3 Å². The van der Waals surface area contributed by atoms with Gasteiger partial charge in [0.2, 0.25) is 0 Å². The van der Waals surface area contributed by atoms with Crippen molar-refractivity contribution >= 4 is 5.91 Å². The van der Waals surface area contributed by atoms with E-state index in [0.29, 0.717) is 12.3 Å². The van der Waals surface area contributed by atoms with Gasteiger partial charge < -0.3 is 10.1 Å². The minimum absolute atomic E-state index is 0.0281. The Bertz CT molecular complexity index is 833. The Balaban J connectivity index is 1.53. The zero-order chi connectivity index (χ0) is 17.5. The highest BCUT2D eigenvalue weighted by atomic mass is 16.5. The third-order valence-corrected chi connectivity index (χ3v) is 3.65. The molecule has 3 aromatic rings. The van der Waals surface area contributed by atoms with E-state index in [2.05, 4.69) is 15.3 Å². The SMILES string of the molecule is Cc1ccc(OCC(=O)NCc2cc(-c3ccccc3)ncn2)cc1.